The monoisotopic (exact) mass is 294 g/mol. The van der Waals surface area contributed by atoms with E-state index in [2.05, 4.69) is 51.8 Å². The Morgan fingerprint density at radius 2 is 1.57 bits per heavy atom. The lowest BCUT2D eigenvalue weighted by atomic mass is 9.63. The van der Waals surface area contributed by atoms with Crippen molar-refractivity contribution in [1.29, 1.82) is 0 Å². The van der Waals surface area contributed by atoms with Crippen LogP contribution >= 0.6 is 0 Å². The summed E-state index contributed by atoms with van der Waals surface area (Å²) in [5.41, 5.74) is 1.01. The first-order valence-electron chi connectivity index (χ1n) is 9.21. The maximum absolute atomic E-state index is 3.80. The SMILES string of the molecule is CCC1CCN(C2CC(C)(C)CC(C)(C)C2)CCC(C)N1. The fraction of sp³-hybridized carbons (Fsp3) is 1.00. The molecule has 1 saturated carbocycles. The largest absolute Gasteiger partial charge is 0.311 e. The number of hydrogen-bond acceptors (Lipinski definition) is 2. The first kappa shape index (κ1) is 17.3. The minimum Gasteiger partial charge on any atom is -0.311 e. The van der Waals surface area contributed by atoms with Gasteiger partial charge in [0.15, 0.2) is 0 Å². The zero-order valence-corrected chi connectivity index (χ0v) is 15.3. The van der Waals surface area contributed by atoms with Gasteiger partial charge in [0.2, 0.25) is 0 Å². The molecule has 1 aliphatic heterocycles. The summed E-state index contributed by atoms with van der Waals surface area (Å²) >= 11 is 0. The molecule has 2 fully saturated rings. The molecule has 0 bridgehead atoms. The summed E-state index contributed by atoms with van der Waals surface area (Å²) in [4.78, 5) is 2.84. The highest BCUT2D eigenvalue weighted by atomic mass is 15.2. The molecule has 2 heteroatoms. The van der Waals surface area contributed by atoms with E-state index in [1.165, 1.54) is 51.6 Å². The zero-order valence-electron chi connectivity index (χ0n) is 15.3. The molecule has 1 saturated heterocycles. The van der Waals surface area contributed by atoms with Crippen molar-refractivity contribution in [3.8, 4) is 0 Å². The summed E-state index contributed by atoms with van der Waals surface area (Å²) in [6.45, 7) is 17.2. The fourth-order valence-electron chi connectivity index (χ4n) is 5.10. The molecular formula is C19H38N2. The summed E-state index contributed by atoms with van der Waals surface area (Å²) in [6.07, 6.45) is 8.02. The first-order chi connectivity index (χ1) is 9.71. The molecule has 2 rings (SSSR count). The normalized spacial score (nSPS) is 35.1. The van der Waals surface area contributed by atoms with E-state index in [0.717, 1.165) is 6.04 Å². The van der Waals surface area contributed by atoms with Crippen molar-refractivity contribution >= 4 is 0 Å². The Morgan fingerprint density at radius 3 is 2.14 bits per heavy atom. The van der Waals surface area contributed by atoms with Crippen LogP contribution in [0.3, 0.4) is 0 Å². The van der Waals surface area contributed by atoms with Crippen LogP contribution in [0.1, 0.15) is 80.1 Å². The number of rotatable bonds is 2. The van der Waals surface area contributed by atoms with Crippen molar-refractivity contribution < 1.29 is 0 Å². The third-order valence-electron chi connectivity index (χ3n) is 5.68. The molecule has 0 aromatic rings. The van der Waals surface area contributed by atoms with Gasteiger partial charge in [-0.15, -0.1) is 0 Å². The molecule has 0 aromatic carbocycles. The summed E-state index contributed by atoms with van der Waals surface area (Å²) in [5, 5.41) is 3.80. The van der Waals surface area contributed by atoms with Gasteiger partial charge in [-0.05, 0) is 69.4 Å². The van der Waals surface area contributed by atoms with Gasteiger partial charge >= 0.3 is 0 Å². The zero-order chi connectivity index (χ0) is 15.7. The standard InChI is InChI=1S/C19H38N2/c1-7-16-9-11-21(10-8-15(2)20-16)17-12-18(3,4)14-19(5,6)13-17/h15-17,20H,7-14H2,1-6H3. The highest BCUT2D eigenvalue weighted by Gasteiger charge is 2.40. The van der Waals surface area contributed by atoms with Crippen LogP contribution in [0.2, 0.25) is 0 Å². The van der Waals surface area contributed by atoms with Gasteiger partial charge < -0.3 is 10.2 Å². The molecule has 2 aliphatic rings. The Bertz CT molecular complexity index is 318. The molecule has 2 atom stereocenters. The van der Waals surface area contributed by atoms with E-state index in [-0.39, 0.29) is 0 Å². The molecule has 0 spiro atoms. The van der Waals surface area contributed by atoms with Crippen LogP contribution in [0.5, 0.6) is 0 Å². The van der Waals surface area contributed by atoms with Crippen LogP contribution in [-0.4, -0.2) is 36.1 Å². The van der Waals surface area contributed by atoms with Gasteiger partial charge in [0.1, 0.15) is 0 Å². The van der Waals surface area contributed by atoms with Crippen LogP contribution in [-0.2, 0) is 0 Å². The average molecular weight is 295 g/mol. The molecule has 21 heavy (non-hydrogen) atoms. The minimum atomic E-state index is 0.503. The Kier molecular flexibility index (Phi) is 5.41. The molecule has 2 nitrogen and oxygen atoms in total. The van der Waals surface area contributed by atoms with Gasteiger partial charge in [0.25, 0.3) is 0 Å². The Labute approximate surface area is 133 Å². The molecule has 0 aromatic heterocycles. The van der Waals surface area contributed by atoms with E-state index < -0.39 is 0 Å². The molecule has 1 N–H and O–H groups in total. The highest BCUT2D eigenvalue weighted by Crippen LogP contribution is 2.47. The lowest BCUT2D eigenvalue weighted by Gasteiger charge is -2.49. The molecule has 1 heterocycles. The van der Waals surface area contributed by atoms with E-state index in [4.69, 9.17) is 0 Å². The maximum atomic E-state index is 3.80. The molecular weight excluding hydrogens is 256 g/mol. The van der Waals surface area contributed by atoms with Crippen molar-refractivity contribution in [2.75, 3.05) is 13.1 Å². The van der Waals surface area contributed by atoms with Crippen LogP contribution in [0.15, 0.2) is 0 Å². The van der Waals surface area contributed by atoms with Crippen molar-refractivity contribution in [2.45, 2.75) is 98.2 Å². The van der Waals surface area contributed by atoms with Gasteiger partial charge in [-0.25, -0.2) is 0 Å². The van der Waals surface area contributed by atoms with Crippen molar-refractivity contribution in [3.63, 3.8) is 0 Å². The smallest absolute Gasteiger partial charge is 0.0105 e. The third-order valence-corrected chi connectivity index (χ3v) is 5.68. The van der Waals surface area contributed by atoms with Crippen LogP contribution in [0, 0.1) is 10.8 Å². The second kappa shape index (κ2) is 6.58. The molecule has 1 aliphatic carbocycles. The molecule has 0 radical (unpaired) electrons. The van der Waals surface area contributed by atoms with E-state index in [1.807, 2.05) is 0 Å². The van der Waals surface area contributed by atoms with Gasteiger partial charge in [0.05, 0.1) is 0 Å². The summed E-state index contributed by atoms with van der Waals surface area (Å²) in [6, 6.07) is 2.18. The average Bonchev–Trinajstić information content (AvgIpc) is 2.30. The summed E-state index contributed by atoms with van der Waals surface area (Å²) in [7, 11) is 0. The third kappa shape index (κ3) is 4.96. The predicted molar refractivity (Wildman–Crippen MR) is 92.7 cm³/mol. The quantitative estimate of drug-likeness (QED) is 0.810. The molecule has 2 unspecified atom stereocenters. The predicted octanol–water partition coefficient (Wildman–Crippen LogP) is 4.44. The highest BCUT2D eigenvalue weighted by molar-refractivity contribution is 4.94. The summed E-state index contributed by atoms with van der Waals surface area (Å²) < 4.78 is 0. The lowest BCUT2D eigenvalue weighted by molar-refractivity contribution is 0.0181. The van der Waals surface area contributed by atoms with E-state index in [9.17, 15) is 0 Å². The Balaban J connectivity index is 2.04. The second-order valence-corrected chi connectivity index (χ2v) is 9.35. The number of nitrogens with zero attached hydrogens (tertiary/aromatic N) is 1. The number of nitrogens with one attached hydrogen (secondary N) is 1. The van der Waals surface area contributed by atoms with Crippen LogP contribution < -0.4 is 5.32 Å². The van der Waals surface area contributed by atoms with Crippen molar-refractivity contribution in [2.24, 2.45) is 10.8 Å². The molecule has 0 amide bonds. The topological polar surface area (TPSA) is 15.3 Å². The number of hydrogen-bond donors (Lipinski definition) is 1. The fourth-order valence-corrected chi connectivity index (χ4v) is 5.10. The van der Waals surface area contributed by atoms with Gasteiger partial charge in [0, 0.05) is 18.1 Å². The van der Waals surface area contributed by atoms with Crippen molar-refractivity contribution in [1.82, 2.24) is 10.2 Å². The van der Waals surface area contributed by atoms with Gasteiger partial charge in [-0.2, -0.15) is 0 Å². The van der Waals surface area contributed by atoms with E-state index in [0.29, 0.717) is 22.9 Å². The first-order valence-corrected chi connectivity index (χ1v) is 9.21. The minimum absolute atomic E-state index is 0.503. The summed E-state index contributed by atoms with van der Waals surface area (Å²) in [5.74, 6) is 0. The Hall–Kier alpha value is -0.0800. The Morgan fingerprint density at radius 1 is 1.00 bits per heavy atom. The van der Waals surface area contributed by atoms with Crippen LogP contribution in [0.4, 0.5) is 0 Å². The van der Waals surface area contributed by atoms with E-state index >= 15 is 0 Å². The van der Waals surface area contributed by atoms with Gasteiger partial charge in [-0.1, -0.05) is 34.6 Å². The van der Waals surface area contributed by atoms with Crippen LogP contribution in [0.25, 0.3) is 0 Å². The molecule has 124 valence electrons. The van der Waals surface area contributed by atoms with Gasteiger partial charge in [-0.3, -0.25) is 0 Å². The lowest BCUT2D eigenvalue weighted by Crippen LogP contribution is -2.51. The van der Waals surface area contributed by atoms with Crippen molar-refractivity contribution in [3.05, 3.63) is 0 Å². The maximum Gasteiger partial charge on any atom is 0.0105 e. The van der Waals surface area contributed by atoms with E-state index in [1.54, 1.807) is 0 Å². The second-order valence-electron chi connectivity index (χ2n) is 9.35.